The topological polar surface area (TPSA) is 132 Å². The molecule has 0 aliphatic carbocycles. The average molecular weight is 602 g/mol. The van der Waals surface area contributed by atoms with Crippen LogP contribution in [0.15, 0.2) is 93.6 Å². The summed E-state index contributed by atoms with van der Waals surface area (Å²) in [6, 6.07) is 24.3. The predicted octanol–water partition coefficient (Wildman–Crippen LogP) is 4.52. The largest absolute Gasteiger partial charge is 0.383 e. The van der Waals surface area contributed by atoms with Gasteiger partial charge in [0.2, 0.25) is 5.91 Å². The summed E-state index contributed by atoms with van der Waals surface area (Å²) in [5.41, 5.74) is 8.40. The van der Waals surface area contributed by atoms with E-state index in [9.17, 15) is 14.4 Å². The number of rotatable bonds is 9. The van der Waals surface area contributed by atoms with E-state index in [-0.39, 0.29) is 36.3 Å². The van der Waals surface area contributed by atoms with Gasteiger partial charge < -0.3 is 10.6 Å². The number of carbonyl (C=O) groups is 1. The molecular weight excluding hydrogens is 574 g/mol. The highest BCUT2D eigenvalue weighted by Crippen LogP contribution is 2.30. The number of aromatic amines is 1. The van der Waals surface area contributed by atoms with Crippen LogP contribution in [0.3, 0.4) is 0 Å². The van der Waals surface area contributed by atoms with Crippen LogP contribution in [0.5, 0.6) is 0 Å². The van der Waals surface area contributed by atoms with Gasteiger partial charge in [-0.15, -0.1) is 10.2 Å². The van der Waals surface area contributed by atoms with Crippen molar-refractivity contribution >= 4 is 40.8 Å². The molecule has 0 aliphatic rings. The minimum absolute atomic E-state index is 0.0604. The molecule has 3 aromatic carbocycles. The Hall–Kier alpha value is -4.61. The van der Waals surface area contributed by atoms with Crippen LogP contribution < -0.4 is 21.9 Å². The summed E-state index contributed by atoms with van der Waals surface area (Å²) in [7, 11) is 0. The fraction of sp³-hybridized carbons (Fsp3) is 0.167. The van der Waals surface area contributed by atoms with E-state index in [4.69, 9.17) is 17.3 Å². The third kappa shape index (κ3) is 5.88. The molecule has 5 rings (SSSR count). The van der Waals surface area contributed by atoms with E-state index >= 15 is 0 Å². The van der Waals surface area contributed by atoms with Crippen LogP contribution in [-0.2, 0) is 11.3 Å². The van der Waals surface area contributed by atoms with Crippen LogP contribution in [0.25, 0.3) is 17.1 Å². The summed E-state index contributed by atoms with van der Waals surface area (Å²) >= 11 is 7.29. The molecule has 214 valence electrons. The zero-order chi connectivity index (χ0) is 29.8. The molecule has 10 nitrogen and oxygen atoms in total. The second kappa shape index (κ2) is 12.5. The Morgan fingerprint density at radius 2 is 1.69 bits per heavy atom. The van der Waals surface area contributed by atoms with Crippen molar-refractivity contribution in [2.75, 3.05) is 22.9 Å². The summed E-state index contributed by atoms with van der Waals surface area (Å²) in [6.45, 7) is 4.03. The molecule has 0 atom stereocenters. The van der Waals surface area contributed by atoms with Gasteiger partial charge >= 0.3 is 5.69 Å². The van der Waals surface area contributed by atoms with Gasteiger partial charge in [-0.05, 0) is 55.3 Å². The summed E-state index contributed by atoms with van der Waals surface area (Å²) in [4.78, 5) is 42.7. The lowest BCUT2D eigenvalue weighted by Gasteiger charge is -2.23. The predicted molar refractivity (Wildman–Crippen MR) is 167 cm³/mol. The fourth-order valence-corrected chi connectivity index (χ4v) is 5.55. The van der Waals surface area contributed by atoms with Gasteiger partial charge in [-0.25, -0.2) is 4.79 Å². The van der Waals surface area contributed by atoms with E-state index in [1.54, 1.807) is 19.1 Å². The molecule has 12 heteroatoms. The minimum Gasteiger partial charge on any atom is -0.383 e. The van der Waals surface area contributed by atoms with Gasteiger partial charge in [0.1, 0.15) is 5.82 Å². The summed E-state index contributed by atoms with van der Waals surface area (Å²) < 4.78 is 3.15. The zero-order valence-corrected chi connectivity index (χ0v) is 24.5. The van der Waals surface area contributed by atoms with Gasteiger partial charge in [0.25, 0.3) is 5.56 Å². The van der Waals surface area contributed by atoms with Crippen molar-refractivity contribution in [3.8, 4) is 17.1 Å². The number of thioether (sulfide) groups is 1. The SMILES string of the molecule is CCN(C(=O)CSc1nnc(-c2ccc(Cl)cc2)n1-c1ccccc1C)c1c(N)n(Cc2ccccc2)c(=O)[nH]c1=O. The number of anilines is 2. The van der Waals surface area contributed by atoms with Crippen LogP contribution in [0.4, 0.5) is 11.5 Å². The molecule has 1 amide bonds. The molecule has 0 saturated carbocycles. The van der Waals surface area contributed by atoms with Crippen LogP contribution in [0.2, 0.25) is 5.02 Å². The first-order chi connectivity index (χ1) is 20.3. The number of aromatic nitrogens is 5. The second-order valence-corrected chi connectivity index (χ2v) is 10.8. The third-order valence-corrected chi connectivity index (χ3v) is 7.87. The molecule has 3 N–H and O–H groups in total. The molecule has 0 spiro atoms. The summed E-state index contributed by atoms with van der Waals surface area (Å²) in [5.74, 6) is 0.0738. The number of nitrogen functional groups attached to an aromatic ring is 1. The molecule has 0 radical (unpaired) electrons. The van der Waals surface area contributed by atoms with Crippen LogP contribution in [0.1, 0.15) is 18.1 Å². The maximum Gasteiger partial charge on any atom is 0.330 e. The number of carbonyl (C=O) groups excluding carboxylic acids is 1. The molecule has 0 fully saturated rings. The number of nitrogens with two attached hydrogens (primary N) is 1. The number of H-pyrrole nitrogens is 1. The van der Waals surface area contributed by atoms with Crippen LogP contribution >= 0.6 is 23.4 Å². The average Bonchev–Trinajstić information content (AvgIpc) is 3.41. The lowest BCUT2D eigenvalue weighted by molar-refractivity contribution is -0.116. The normalized spacial score (nSPS) is 11.0. The van der Waals surface area contributed by atoms with Crippen molar-refractivity contribution in [1.29, 1.82) is 0 Å². The van der Waals surface area contributed by atoms with Crippen molar-refractivity contribution in [3.05, 3.63) is 116 Å². The Kier molecular flexibility index (Phi) is 8.60. The van der Waals surface area contributed by atoms with Gasteiger partial charge in [-0.3, -0.25) is 23.7 Å². The molecule has 5 aromatic rings. The number of halogens is 1. The molecule has 0 saturated heterocycles. The number of nitrogens with zero attached hydrogens (tertiary/aromatic N) is 5. The highest BCUT2D eigenvalue weighted by molar-refractivity contribution is 7.99. The van der Waals surface area contributed by atoms with E-state index in [1.807, 2.05) is 78.2 Å². The number of nitrogens with one attached hydrogen (secondary N) is 1. The van der Waals surface area contributed by atoms with E-state index < -0.39 is 11.2 Å². The molecule has 2 heterocycles. The molecule has 0 bridgehead atoms. The maximum absolute atomic E-state index is 13.6. The van der Waals surface area contributed by atoms with Crippen LogP contribution in [0, 0.1) is 6.92 Å². The van der Waals surface area contributed by atoms with Crippen molar-refractivity contribution in [2.45, 2.75) is 25.5 Å². The quantitative estimate of drug-likeness (QED) is 0.237. The summed E-state index contributed by atoms with van der Waals surface area (Å²) in [6.07, 6.45) is 0. The summed E-state index contributed by atoms with van der Waals surface area (Å²) in [5, 5.41) is 9.94. The van der Waals surface area contributed by atoms with Gasteiger partial charge in [-0.2, -0.15) is 0 Å². The number of aryl methyl sites for hydroxylation is 1. The number of benzene rings is 3. The molecule has 2 aromatic heterocycles. The number of hydrogen-bond donors (Lipinski definition) is 2. The fourth-order valence-electron chi connectivity index (χ4n) is 4.61. The van der Waals surface area contributed by atoms with E-state index in [0.717, 1.165) is 22.4 Å². The van der Waals surface area contributed by atoms with E-state index in [1.165, 1.54) is 21.2 Å². The molecule has 0 aliphatic heterocycles. The zero-order valence-electron chi connectivity index (χ0n) is 23.0. The van der Waals surface area contributed by atoms with Gasteiger partial charge in [0.05, 0.1) is 18.0 Å². The Bertz CT molecular complexity index is 1850. The second-order valence-electron chi connectivity index (χ2n) is 9.43. The smallest absolute Gasteiger partial charge is 0.330 e. The van der Waals surface area contributed by atoms with E-state index in [2.05, 4.69) is 15.2 Å². The Morgan fingerprint density at radius 1 is 1.00 bits per heavy atom. The standard InChI is InChI=1S/C30H28ClN7O3S/c1-3-36(25-26(32)37(29(41)33-28(25)40)17-20-10-5-4-6-11-20)24(39)18-42-30-35-34-27(21-13-15-22(31)16-14-21)38(30)23-12-8-7-9-19(23)2/h4-16H,3,17-18,32H2,1-2H3,(H,33,40,41). The first-order valence-electron chi connectivity index (χ1n) is 13.2. The van der Waals surface area contributed by atoms with Crippen molar-refractivity contribution < 1.29 is 4.79 Å². The van der Waals surface area contributed by atoms with E-state index in [0.29, 0.717) is 16.0 Å². The Labute approximate surface area is 250 Å². The third-order valence-electron chi connectivity index (χ3n) is 6.70. The lowest BCUT2D eigenvalue weighted by atomic mass is 10.1. The van der Waals surface area contributed by atoms with Crippen molar-refractivity contribution in [2.24, 2.45) is 0 Å². The highest BCUT2D eigenvalue weighted by Gasteiger charge is 2.25. The molecule has 0 unspecified atom stereocenters. The first kappa shape index (κ1) is 28.9. The number of para-hydroxylation sites is 1. The highest BCUT2D eigenvalue weighted by atomic mass is 35.5. The maximum atomic E-state index is 13.6. The molecule has 42 heavy (non-hydrogen) atoms. The van der Waals surface area contributed by atoms with Crippen molar-refractivity contribution in [1.82, 2.24) is 24.3 Å². The minimum atomic E-state index is -0.727. The van der Waals surface area contributed by atoms with Crippen LogP contribution in [-0.4, -0.2) is 42.5 Å². The Morgan fingerprint density at radius 3 is 2.38 bits per heavy atom. The lowest BCUT2D eigenvalue weighted by Crippen LogP contribution is -2.41. The van der Waals surface area contributed by atoms with Gasteiger partial charge in [-0.1, -0.05) is 71.9 Å². The Balaban J connectivity index is 1.47. The monoisotopic (exact) mass is 601 g/mol. The number of hydrogen-bond acceptors (Lipinski definition) is 7. The number of amides is 1. The van der Waals surface area contributed by atoms with Crippen molar-refractivity contribution in [3.63, 3.8) is 0 Å². The first-order valence-corrected chi connectivity index (χ1v) is 14.5. The molecular formula is C30H28ClN7O3S. The van der Waals surface area contributed by atoms with Gasteiger partial charge in [0, 0.05) is 17.1 Å². The van der Waals surface area contributed by atoms with Gasteiger partial charge in [0.15, 0.2) is 16.7 Å².